The van der Waals surface area contributed by atoms with Crippen LogP contribution in [0.1, 0.15) is 45.1 Å². The van der Waals surface area contributed by atoms with Crippen molar-refractivity contribution in [2.45, 2.75) is 51.6 Å². The van der Waals surface area contributed by atoms with Gasteiger partial charge in [0.25, 0.3) is 0 Å². The fourth-order valence-corrected chi connectivity index (χ4v) is 3.58. The van der Waals surface area contributed by atoms with Gasteiger partial charge in [0.15, 0.2) is 0 Å². The first-order chi connectivity index (χ1) is 9.24. The number of hydrogen-bond acceptors (Lipinski definition) is 2. The molecule has 2 nitrogen and oxygen atoms in total. The fraction of sp³-hybridized carbons (Fsp3) is 0.647. The van der Waals surface area contributed by atoms with E-state index in [-0.39, 0.29) is 5.54 Å². The molecule has 1 aliphatic carbocycles. The van der Waals surface area contributed by atoms with E-state index < -0.39 is 0 Å². The highest BCUT2D eigenvalue weighted by atomic mass is 15.2. The second-order valence-electron chi connectivity index (χ2n) is 5.95. The molecule has 0 aromatic heterocycles. The maximum Gasteiger partial charge on any atom is 0.0337 e. The van der Waals surface area contributed by atoms with Crippen LogP contribution in [0.25, 0.3) is 0 Å². The van der Waals surface area contributed by atoms with Gasteiger partial charge in [-0.15, -0.1) is 0 Å². The van der Waals surface area contributed by atoms with Crippen molar-refractivity contribution in [1.82, 2.24) is 4.90 Å². The third-order valence-corrected chi connectivity index (χ3v) is 4.91. The van der Waals surface area contributed by atoms with Crippen LogP contribution in [0.15, 0.2) is 30.3 Å². The molecule has 1 aliphatic rings. The molecule has 0 amide bonds. The summed E-state index contributed by atoms with van der Waals surface area (Å²) < 4.78 is 0. The van der Waals surface area contributed by atoms with Crippen molar-refractivity contribution >= 4 is 0 Å². The average molecular weight is 260 g/mol. The Morgan fingerprint density at radius 3 is 2.53 bits per heavy atom. The highest BCUT2D eigenvalue weighted by Crippen LogP contribution is 2.40. The minimum atomic E-state index is 0.241. The molecule has 0 spiro atoms. The first kappa shape index (κ1) is 14.5. The van der Waals surface area contributed by atoms with Crippen LogP contribution in [0.3, 0.4) is 0 Å². The van der Waals surface area contributed by atoms with Crippen molar-refractivity contribution in [3.8, 4) is 0 Å². The monoisotopic (exact) mass is 260 g/mol. The molecule has 0 radical (unpaired) electrons. The maximum absolute atomic E-state index is 6.17. The minimum absolute atomic E-state index is 0.241. The molecule has 2 heteroatoms. The Kier molecular flexibility index (Phi) is 5.00. The summed E-state index contributed by atoms with van der Waals surface area (Å²) >= 11 is 0. The quantitative estimate of drug-likeness (QED) is 0.849. The zero-order valence-corrected chi connectivity index (χ0v) is 12.4. The van der Waals surface area contributed by atoms with Gasteiger partial charge in [0.2, 0.25) is 0 Å². The van der Waals surface area contributed by atoms with Crippen LogP contribution < -0.4 is 5.73 Å². The summed E-state index contributed by atoms with van der Waals surface area (Å²) in [6.07, 6.45) is 5.19. The van der Waals surface area contributed by atoms with E-state index in [2.05, 4.69) is 49.1 Å². The molecule has 2 N–H and O–H groups in total. The molecule has 1 aromatic rings. The smallest absolute Gasteiger partial charge is 0.0337 e. The fourth-order valence-electron chi connectivity index (χ4n) is 3.58. The van der Waals surface area contributed by atoms with Crippen molar-refractivity contribution in [3.05, 3.63) is 35.9 Å². The van der Waals surface area contributed by atoms with E-state index in [4.69, 9.17) is 5.73 Å². The molecule has 2 atom stereocenters. The van der Waals surface area contributed by atoms with Gasteiger partial charge in [0, 0.05) is 18.6 Å². The number of nitrogens with zero attached hydrogens (tertiary/aromatic N) is 1. The Labute approximate surface area is 118 Å². The SMILES string of the molecule is CCC1CCC(CN)(N(CC)Cc2ccccc2)C1. The van der Waals surface area contributed by atoms with Gasteiger partial charge in [-0.1, -0.05) is 50.6 Å². The van der Waals surface area contributed by atoms with Crippen molar-refractivity contribution in [2.24, 2.45) is 11.7 Å². The molecule has 1 saturated carbocycles. The van der Waals surface area contributed by atoms with E-state index >= 15 is 0 Å². The van der Waals surface area contributed by atoms with Gasteiger partial charge < -0.3 is 5.73 Å². The van der Waals surface area contributed by atoms with E-state index in [1.54, 1.807) is 0 Å². The lowest BCUT2D eigenvalue weighted by molar-refractivity contribution is 0.0927. The Balaban J connectivity index is 2.11. The van der Waals surface area contributed by atoms with E-state index in [0.717, 1.165) is 25.6 Å². The van der Waals surface area contributed by atoms with Gasteiger partial charge >= 0.3 is 0 Å². The molecule has 1 aromatic carbocycles. The summed E-state index contributed by atoms with van der Waals surface area (Å²) in [4.78, 5) is 2.61. The van der Waals surface area contributed by atoms with Crippen molar-refractivity contribution in [3.63, 3.8) is 0 Å². The molecular weight excluding hydrogens is 232 g/mol. The van der Waals surface area contributed by atoms with Gasteiger partial charge in [0.05, 0.1) is 0 Å². The first-order valence-corrected chi connectivity index (χ1v) is 7.73. The second kappa shape index (κ2) is 6.53. The van der Waals surface area contributed by atoms with Crippen LogP contribution in [-0.2, 0) is 6.54 Å². The molecular formula is C17H28N2. The van der Waals surface area contributed by atoms with Gasteiger partial charge in [-0.25, -0.2) is 0 Å². The molecule has 2 unspecified atom stereocenters. The standard InChI is InChI=1S/C17H28N2/c1-3-15-10-11-17(12-15,14-18)19(4-2)13-16-8-6-5-7-9-16/h5-9,15H,3-4,10-14,18H2,1-2H3. The lowest BCUT2D eigenvalue weighted by atomic mass is 9.92. The van der Waals surface area contributed by atoms with Gasteiger partial charge in [-0.3, -0.25) is 4.90 Å². The summed E-state index contributed by atoms with van der Waals surface area (Å²) in [6, 6.07) is 10.8. The third kappa shape index (κ3) is 3.18. The molecule has 0 bridgehead atoms. The number of benzene rings is 1. The predicted molar refractivity (Wildman–Crippen MR) is 81.9 cm³/mol. The van der Waals surface area contributed by atoms with Gasteiger partial charge in [-0.05, 0) is 37.3 Å². The zero-order chi connectivity index (χ0) is 13.7. The van der Waals surface area contributed by atoms with Gasteiger partial charge in [-0.2, -0.15) is 0 Å². The van der Waals surface area contributed by atoms with Crippen molar-refractivity contribution in [2.75, 3.05) is 13.1 Å². The Hall–Kier alpha value is -0.860. The summed E-state index contributed by atoms with van der Waals surface area (Å²) in [7, 11) is 0. The molecule has 1 fully saturated rings. The molecule has 19 heavy (non-hydrogen) atoms. The van der Waals surface area contributed by atoms with Crippen LogP contribution in [-0.4, -0.2) is 23.5 Å². The van der Waals surface area contributed by atoms with E-state index in [1.165, 1.54) is 31.2 Å². The number of nitrogens with two attached hydrogens (primary N) is 1. The molecule has 106 valence electrons. The van der Waals surface area contributed by atoms with Crippen LogP contribution in [0, 0.1) is 5.92 Å². The highest BCUT2D eigenvalue weighted by molar-refractivity contribution is 5.15. The van der Waals surface area contributed by atoms with E-state index in [0.29, 0.717) is 0 Å². The largest absolute Gasteiger partial charge is 0.329 e. The molecule has 0 aliphatic heterocycles. The van der Waals surface area contributed by atoms with Crippen LogP contribution >= 0.6 is 0 Å². The van der Waals surface area contributed by atoms with E-state index in [9.17, 15) is 0 Å². The highest BCUT2D eigenvalue weighted by Gasteiger charge is 2.41. The maximum atomic E-state index is 6.17. The summed E-state index contributed by atoms with van der Waals surface area (Å²) in [5.41, 5.74) is 7.82. The van der Waals surface area contributed by atoms with Crippen LogP contribution in [0.5, 0.6) is 0 Å². The Morgan fingerprint density at radius 2 is 2.00 bits per heavy atom. The Morgan fingerprint density at radius 1 is 1.26 bits per heavy atom. The number of hydrogen-bond donors (Lipinski definition) is 1. The topological polar surface area (TPSA) is 29.3 Å². The van der Waals surface area contributed by atoms with Crippen molar-refractivity contribution < 1.29 is 0 Å². The second-order valence-corrected chi connectivity index (χ2v) is 5.95. The van der Waals surface area contributed by atoms with Gasteiger partial charge in [0.1, 0.15) is 0 Å². The molecule has 2 rings (SSSR count). The van der Waals surface area contributed by atoms with Crippen LogP contribution in [0.2, 0.25) is 0 Å². The Bertz CT molecular complexity index is 376. The summed E-state index contributed by atoms with van der Waals surface area (Å²) in [5, 5.41) is 0. The summed E-state index contributed by atoms with van der Waals surface area (Å²) in [6.45, 7) is 7.49. The normalized spacial score (nSPS) is 27.1. The lowest BCUT2D eigenvalue weighted by Gasteiger charge is -2.40. The average Bonchev–Trinajstić information content (AvgIpc) is 2.90. The van der Waals surface area contributed by atoms with Crippen LogP contribution in [0.4, 0.5) is 0 Å². The number of rotatable bonds is 6. The lowest BCUT2D eigenvalue weighted by Crippen LogP contribution is -2.51. The van der Waals surface area contributed by atoms with Crippen molar-refractivity contribution in [1.29, 1.82) is 0 Å². The zero-order valence-electron chi connectivity index (χ0n) is 12.4. The predicted octanol–water partition coefficient (Wildman–Crippen LogP) is 3.42. The third-order valence-electron chi connectivity index (χ3n) is 4.91. The summed E-state index contributed by atoms with van der Waals surface area (Å²) in [5.74, 6) is 0.869. The molecule has 0 saturated heterocycles. The number of likely N-dealkylation sites (N-methyl/N-ethyl adjacent to an activating group) is 1. The van der Waals surface area contributed by atoms with E-state index in [1.807, 2.05) is 0 Å². The molecule has 0 heterocycles. The minimum Gasteiger partial charge on any atom is -0.329 e. The first-order valence-electron chi connectivity index (χ1n) is 7.73.